The summed E-state index contributed by atoms with van der Waals surface area (Å²) in [6.45, 7) is 0. The van der Waals surface area contributed by atoms with Gasteiger partial charge in [0.05, 0.1) is 31.7 Å². The monoisotopic (exact) mass is 490 g/mol. The van der Waals surface area contributed by atoms with Crippen LogP contribution in [0.2, 0.25) is 0 Å². The van der Waals surface area contributed by atoms with Crippen LogP contribution in [-0.2, 0) is 4.74 Å². The molecule has 2 aliphatic heterocycles. The van der Waals surface area contributed by atoms with Gasteiger partial charge in [-0.15, -0.1) is 0 Å². The van der Waals surface area contributed by atoms with E-state index in [1.165, 1.54) is 12.7 Å². The molecule has 184 valence electrons. The first-order chi connectivity index (χ1) is 18.2. The molecule has 0 bridgehead atoms. The molecular formula is C31H26N2O4. The Hall–Kier alpha value is -4.58. The topological polar surface area (TPSA) is 60.4 Å². The number of methoxy groups -OCH3 is 2. The van der Waals surface area contributed by atoms with Crippen molar-refractivity contribution in [2.24, 2.45) is 5.10 Å². The van der Waals surface area contributed by atoms with Gasteiger partial charge >= 0.3 is 5.97 Å². The molecule has 4 aromatic carbocycles. The number of rotatable bonds is 6. The van der Waals surface area contributed by atoms with E-state index < -0.39 is 12.1 Å². The number of esters is 1. The minimum atomic E-state index is -0.511. The van der Waals surface area contributed by atoms with Crippen molar-refractivity contribution in [1.82, 2.24) is 0 Å². The molecule has 0 aliphatic carbocycles. The third-order valence-electron chi connectivity index (χ3n) is 6.95. The lowest BCUT2D eigenvalue weighted by Crippen LogP contribution is -2.18. The van der Waals surface area contributed by atoms with Crippen LogP contribution in [0, 0.1) is 0 Å². The molecule has 0 radical (unpaired) electrons. The Balaban J connectivity index is 1.34. The standard InChI is InChI=1S/C31H26N2O4/c1-35-27-18-17-24-28(30(27)36-2)31(34)37-29(24)22-13-15-23(16-14-22)33-26(21-11-7-4-8-12-21)19-25(32-33)20-9-5-3-6-10-20/h3-18,26,29H,19H2,1-2H3/t26-,29-/m0/s1. The molecule has 2 atom stereocenters. The molecule has 0 saturated heterocycles. The predicted octanol–water partition coefficient (Wildman–Crippen LogP) is 6.32. The van der Waals surface area contributed by atoms with Gasteiger partial charge in [0.1, 0.15) is 5.56 Å². The van der Waals surface area contributed by atoms with Crippen LogP contribution in [0.25, 0.3) is 0 Å². The third kappa shape index (κ3) is 4.00. The quantitative estimate of drug-likeness (QED) is 0.296. The fourth-order valence-corrected chi connectivity index (χ4v) is 5.14. The first kappa shape index (κ1) is 22.9. The molecule has 2 aliphatic rings. The summed E-state index contributed by atoms with van der Waals surface area (Å²) in [7, 11) is 3.07. The summed E-state index contributed by atoms with van der Waals surface area (Å²) in [5, 5.41) is 7.12. The second-order valence-corrected chi connectivity index (χ2v) is 9.03. The van der Waals surface area contributed by atoms with Crippen molar-refractivity contribution in [3.8, 4) is 11.5 Å². The number of carbonyl (C=O) groups is 1. The van der Waals surface area contributed by atoms with Gasteiger partial charge in [-0.1, -0.05) is 78.9 Å². The highest BCUT2D eigenvalue weighted by atomic mass is 16.6. The maximum atomic E-state index is 12.8. The maximum absolute atomic E-state index is 12.8. The highest BCUT2D eigenvalue weighted by molar-refractivity contribution is 6.03. The summed E-state index contributed by atoms with van der Waals surface area (Å²) < 4.78 is 16.6. The van der Waals surface area contributed by atoms with E-state index in [2.05, 4.69) is 41.4 Å². The highest BCUT2D eigenvalue weighted by Crippen LogP contribution is 2.45. The molecular weight excluding hydrogens is 464 g/mol. The first-order valence-corrected chi connectivity index (χ1v) is 12.2. The Bertz CT molecular complexity index is 1470. The number of anilines is 1. The molecule has 0 saturated carbocycles. The van der Waals surface area contributed by atoms with Crippen LogP contribution in [-0.4, -0.2) is 25.9 Å². The predicted molar refractivity (Wildman–Crippen MR) is 143 cm³/mol. The maximum Gasteiger partial charge on any atom is 0.343 e. The molecule has 6 rings (SSSR count). The van der Waals surface area contributed by atoms with E-state index in [0.717, 1.165) is 34.5 Å². The average Bonchev–Trinajstić information content (AvgIpc) is 3.56. The number of benzene rings is 4. The van der Waals surface area contributed by atoms with Crippen molar-refractivity contribution in [3.05, 3.63) is 125 Å². The number of ether oxygens (including phenoxy) is 3. The fourth-order valence-electron chi connectivity index (χ4n) is 5.14. The second-order valence-electron chi connectivity index (χ2n) is 9.03. The molecule has 0 fully saturated rings. The summed E-state index contributed by atoms with van der Waals surface area (Å²) in [5.41, 5.74) is 6.42. The van der Waals surface area contributed by atoms with Crippen LogP contribution in [0.15, 0.2) is 102 Å². The second kappa shape index (κ2) is 9.47. The molecule has 0 aromatic heterocycles. The Kier molecular flexibility index (Phi) is 5.85. The summed E-state index contributed by atoms with van der Waals surface area (Å²) in [6, 6.07) is 32.6. The Morgan fingerprint density at radius 3 is 2.19 bits per heavy atom. The summed E-state index contributed by atoms with van der Waals surface area (Å²) in [6.07, 6.45) is 0.300. The van der Waals surface area contributed by atoms with Crippen LogP contribution >= 0.6 is 0 Å². The molecule has 0 spiro atoms. The Morgan fingerprint density at radius 1 is 0.811 bits per heavy atom. The minimum Gasteiger partial charge on any atom is -0.493 e. The van der Waals surface area contributed by atoms with Crippen LogP contribution < -0.4 is 14.5 Å². The zero-order valence-electron chi connectivity index (χ0n) is 20.6. The summed E-state index contributed by atoms with van der Waals surface area (Å²) >= 11 is 0. The van der Waals surface area contributed by atoms with E-state index in [4.69, 9.17) is 19.3 Å². The summed E-state index contributed by atoms with van der Waals surface area (Å²) in [4.78, 5) is 12.8. The van der Waals surface area contributed by atoms with Crippen molar-refractivity contribution in [2.75, 3.05) is 19.2 Å². The number of cyclic esters (lactones) is 1. The third-order valence-corrected chi connectivity index (χ3v) is 6.95. The first-order valence-electron chi connectivity index (χ1n) is 12.2. The lowest BCUT2D eigenvalue weighted by atomic mass is 9.97. The molecule has 4 aromatic rings. The Labute approximate surface area is 215 Å². The van der Waals surface area contributed by atoms with Crippen molar-refractivity contribution in [2.45, 2.75) is 18.6 Å². The van der Waals surface area contributed by atoms with Gasteiger partial charge in [-0.05, 0) is 34.9 Å². The largest absolute Gasteiger partial charge is 0.493 e. The molecule has 0 N–H and O–H groups in total. The molecule has 2 heterocycles. The van der Waals surface area contributed by atoms with E-state index in [0.29, 0.717) is 17.1 Å². The average molecular weight is 491 g/mol. The van der Waals surface area contributed by atoms with Crippen LogP contribution in [0.4, 0.5) is 5.69 Å². The van der Waals surface area contributed by atoms with E-state index in [9.17, 15) is 4.79 Å². The SMILES string of the molecule is COc1ccc2c(c1OC)C(=O)O[C@H]2c1ccc(N2N=C(c3ccccc3)C[C@H]2c2ccccc2)cc1. The highest BCUT2D eigenvalue weighted by Gasteiger charge is 2.37. The number of nitrogens with zero attached hydrogens (tertiary/aromatic N) is 2. The van der Waals surface area contributed by atoms with E-state index in [1.54, 1.807) is 13.2 Å². The number of hydrogen-bond acceptors (Lipinski definition) is 6. The molecule has 6 heteroatoms. The van der Waals surface area contributed by atoms with E-state index >= 15 is 0 Å². The van der Waals surface area contributed by atoms with E-state index in [1.807, 2.05) is 54.6 Å². The number of carbonyl (C=O) groups excluding carboxylic acids is 1. The Morgan fingerprint density at radius 2 is 1.51 bits per heavy atom. The van der Waals surface area contributed by atoms with Gasteiger partial charge in [0.15, 0.2) is 17.6 Å². The lowest BCUT2D eigenvalue weighted by molar-refractivity contribution is 0.0453. The van der Waals surface area contributed by atoms with Crippen molar-refractivity contribution >= 4 is 17.4 Å². The fraction of sp³-hybridized carbons (Fsp3) is 0.161. The van der Waals surface area contributed by atoms with Crippen molar-refractivity contribution < 1.29 is 19.0 Å². The number of hydrazone groups is 1. The molecule has 0 unspecified atom stereocenters. The van der Waals surface area contributed by atoms with Gasteiger partial charge < -0.3 is 14.2 Å². The van der Waals surface area contributed by atoms with Gasteiger partial charge in [-0.3, -0.25) is 5.01 Å². The lowest BCUT2D eigenvalue weighted by Gasteiger charge is -2.24. The minimum absolute atomic E-state index is 0.0871. The van der Waals surface area contributed by atoms with E-state index in [-0.39, 0.29) is 6.04 Å². The normalized spacial score (nSPS) is 18.3. The van der Waals surface area contributed by atoms with Gasteiger partial charge in [-0.2, -0.15) is 5.10 Å². The van der Waals surface area contributed by atoms with Crippen LogP contribution in [0.3, 0.4) is 0 Å². The van der Waals surface area contributed by atoms with Crippen LogP contribution in [0.1, 0.15) is 51.2 Å². The molecule has 0 amide bonds. The zero-order chi connectivity index (χ0) is 25.4. The zero-order valence-corrected chi connectivity index (χ0v) is 20.6. The van der Waals surface area contributed by atoms with Gasteiger partial charge in [0, 0.05) is 12.0 Å². The molecule has 37 heavy (non-hydrogen) atoms. The number of hydrogen-bond donors (Lipinski definition) is 0. The van der Waals surface area contributed by atoms with Gasteiger partial charge in [0.2, 0.25) is 0 Å². The number of fused-ring (bicyclic) bond motifs is 1. The van der Waals surface area contributed by atoms with Gasteiger partial charge in [-0.25, -0.2) is 4.79 Å². The van der Waals surface area contributed by atoms with Crippen molar-refractivity contribution in [3.63, 3.8) is 0 Å². The molecule has 6 nitrogen and oxygen atoms in total. The summed E-state index contributed by atoms with van der Waals surface area (Å²) in [5.74, 6) is 0.484. The smallest absolute Gasteiger partial charge is 0.343 e. The van der Waals surface area contributed by atoms with Crippen LogP contribution in [0.5, 0.6) is 11.5 Å². The van der Waals surface area contributed by atoms with Crippen molar-refractivity contribution in [1.29, 1.82) is 0 Å². The van der Waals surface area contributed by atoms with Gasteiger partial charge in [0.25, 0.3) is 0 Å².